The lowest BCUT2D eigenvalue weighted by atomic mass is 9.77. The molecule has 9 nitrogen and oxygen atoms in total. The Morgan fingerprint density at radius 2 is 1.95 bits per heavy atom. The molecule has 2 fully saturated rings. The first-order valence-corrected chi connectivity index (χ1v) is 12.9. The maximum Gasteiger partial charge on any atom is 0.390 e. The van der Waals surface area contributed by atoms with E-state index >= 15 is 4.39 Å². The molecule has 2 aliphatic heterocycles. The second kappa shape index (κ2) is 9.45. The Morgan fingerprint density at radius 3 is 2.58 bits per heavy atom. The maximum absolute atomic E-state index is 15.4. The van der Waals surface area contributed by atoms with Gasteiger partial charge in [0.2, 0.25) is 16.0 Å². The monoisotopic (exact) mass is 560 g/mol. The number of nitrogens with zero attached hydrogens (tertiary/aromatic N) is 3. The van der Waals surface area contributed by atoms with Crippen molar-refractivity contribution in [2.45, 2.75) is 36.2 Å². The maximum atomic E-state index is 15.4. The van der Waals surface area contributed by atoms with Gasteiger partial charge in [0.25, 0.3) is 5.91 Å². The molecule has 2 aromatic rings. The number of guanidine groups is 1. The number of sulfonamides is 1. The van der Waals surface area contributed by atoms with Crippen molar-refractivity contribution in [2.24, 2.45) is 0 Å². The average molecular weight is 561 g/mol. The number of benzene rings is 1. The smallest absolute Gasteiger partial charge is 0.345 e. The van der Waals surface area contributed by atoms with E-state index in [0.717, 1.165) is 31.4 Å². The number of amides is 1. The summed E-state index contributed by atoms with van der Waals surface area (Å²) < 4.78 is 93.5. The Balaban J connectivity index is 1.74. The van der Waals surface area contributed by atoms with Crippen molar-refractivity contribution in [1.82, 2.24) is 19.5 Å². The number of nitrogens with one attached hydrogen (secondary N) is 3. The lowest BCUT2D eigenvalue weighted by Crippen LogP contribution is -2.74. The number of carbonyl (C=O) groups excluding carboxylic acids is 1. The van der Waals surface area contributed by atoms with Gasteiger partial charge in [0.15, 0.2) is 0 Å². The first-order chi connectivity index (χ1) is 17.6. The Hall–Kier alpha value is -3.33. The summed E-state index contributed by atoms with van der Waals surface area (Å²) in [6.07, 6.45) is -4.88. The first kappa shape index (κ1) is 27.7. The normalized spacial score (nSPS) is 25.4. The van der Waals surface area contributed by atoms with Gasteiger partial charge in [0.1, 0.15) is 22.1 Å². The number of hydrogen-bond acceptors (Lipinski definition) is 6. The van der Waals surface area contributed by atoms with Crippen LogP contribution in [-0.2, 0) is 15.6 Å². The molecule has 0 bridgehead atoms. The molecule has 38 heavy (non-hydrogen) atoms. The number of likely N-dealkylation sites (tertiary alicyclic amines) is 1. The largest absolute Gasteiger partial charge is 0.390 e. The van der Waals surface area contributed by atoms with Crippen LogP contribution in [0.4, 0.5) is 27.6 Å². The SMILES string of the molecule is CN1C(=N)N[C@](C)(c2cc(NC(=O)c3ccc(F)cn3)ccc2F)[C@@]2(CCN(CCC(F)(F)F)C2)S1(=O)=O. The lowest BCUT2D eigenvalue weighted by Gasteiger charge is -2.52. The van der Waals surface area contributed by atoms with E-state index in [4.69, 9.17) is 5.41 Å². The summed E-state index contributed by atoms with van der Waals surface area (Å²) in [6.45, 7) is 0.593. The fourth-order valence-corrected chi connectivity index (χ4v) is 7.21. The van der Waals surface area contributed by atoms with Gasteiger partial charge in [0, 0.05) is 31.4 Å². The number of rotatable bonds is 5. The van der Waals surface area contributed by atoms with Crippen molar-refractivity contribution in [3.8, 4) is 0 Å². The summed E-state index contributed by atoms with van der Waals surface area (Å²) in [5.74, 6) is -2.78. The fraction of sp³-hybridized carbons (Fsp3) is 0.435. The molecule has 1 spiro atoms. The summed E-state index contributed by atoms with van der Waals surface area (Å²) in [5.41, 5.74) is -2.08. The van der Waals surface area contributed by atoms with Crippen molar-refractivity contribution in [2.75, 3.05) is 32.0 Å². The highest BCUT2D eigenvalue weighted by Gasteiger charge is 2.66. The van der Waals surface area contributed by atoms with Crippen LogP contribution in [0.1, 0.15) is 35.8 Å². The number of aromatic nitrogens is 1. The van der Waals surface area contributed by atoms with Crippen LogP contribution in [-0.4, -0.2) is 72.1 Å². The van der Waals surface area contributed by atoms with Crippen molar-refractivity contribution in [1.29, 1.82) is 5.41 Å². The van der Waals surface area contributed by atoms with E-state index in [1.165, 1.54) is 24.0 Å². The topological polar surface area (TPSA) is 118 Å². The van der Waals surface area contributed by atoms with Crippen LogP contribution >= 0.6 is 0 Å². The van der Waals surface area contributed by atoms with E-state index in [-0.39, 0.29) is 36.5 Å². The van der Waals surface area contributed by atoms with Crippen LogP contribution in [0.2, 0.25) is 0 Å². The van der Waals surface area contributed by atoms with Crippen molar-refractivity contribution >= 4 is 27.6 Å². The number of pyridine rings is 1. The third-order valence-electron chi connectivity index (χ3n) is 7.19. The van der Waals surface area contributed by atoms with E-state index < -0.39 is 63.0 Å². The zero-order valence-electron chi connectivity index (χ0n) is 20.4. The molecule has 3 N–H and O–H groups in total. The van der Waals surface area contributed by atoms with Gasteiger partial charge in [-0.05, 0) is 50.2 Å². The van der Waals surface area contributed by atoms with Crippen LogP contribution < -0.4 is 10.6 Å². The number of alkyl halides is 3. The molecule has 3 heterocycles. The second-order valence-electron chi connectivity index (χ2n) is 9.47. The predicted octanol–water partition coefficient (Wildman–Crippen LogP) is 3.02. The molecule has 1 aromatic carbocycles. The molecule has 0 aliphatic carbocycles. The standard InChI is InChI=1S/C23H25F5N6O3S/c1-21(16-11-15(4-5-17(16)25)31-19(35)18-6-3-14(24)12-30-18)22(38(36,37)33(2)20(29)32-21)7-9-34(13-22)10-8-23(26,27)28/h3-6,11-12H,7-10,13H2,1-2H3,(H2,29,32)(H,31,35)/t21-,22+/m1/s1. The van der Waals surface area contributed by atoms with E-state index in [1.54, 1.807) is 0 Å². The molecule has 15 heteroatoms. The number of carbonyl (C=O) groups is 1. The number of anilines is 1. The minimum Gasteiger partial charge on any atom is -0.345 e. The molecule has 1 aromatic heterocycles. The van der Waals surface area contributed by atoms with Gasteiger partial charge in [-0.15, -0.1) is 0 Å². The number of halogens is 5. The van der Waals surface area contributed by atoms with E-state index in [2.05, 4.69) is 15.6 Å². The molecule has 2 atom stereocenters. The quantitative estimate of drug-likeness (QED) is 0.484. The van der Waals surface area contributed by atoms with Gasteiger partial charge < -0.3 is 15.5 Å². The molecule has 0 radical (unpaired) electrons. The summed E-state index contributed by atoms with van der Waals surface area (Å²) in [7, 11) is -3.22. The molecule has 2 saturated heterocycles. The summed E-state index contributed by atoms with van der Waals surface area (Å²) in [6, 6.07) is 5.63. The number of hydrogen-bond donors (Lipinski definition) is 3. The van der Waals surface area contributed by atoms with Gasteiger partial charge in [-0.25, -0.2) is 26.5 Å². The van der Waals surface area contributed by atoms with Gasteiger partial charge in [-0.3, -0.25) is 10.2 Å². The minimum atomic E-state index is -4.44. The summed E-state index contributed by atoms with van der Waals surface area (Å²) in [5, 5.41) is 13.5. The minimum absolute atomic E-state index is 0.00202. The molecule has 206 valence electrons. The van der Waals surface area contributed by atoms with E-state index in [9.17, 15) is 30.8 Å². The molecule has 4 rings (SSSR count). The zero-order valence-corrected chi connectivity index (χ0v) is 21.2. The van der Waals surface area contributed by atoms with Crippen LogP contribution in [0.5, 0.6) is 0 Å². The van der Waals surface area contributed by atoms with Crippen LogP contribution in [0.3, 0.4) is 0 Å². The molecule has 0 unspecified atom stereocenters. The fourth-order valence-electron chi connectivity index (χ4n) is 5.03. The highest BCUT2D eigenvalue weighted by Crippen LogP contribution is 2.49. The Bertz CT molecular complexity index is 1370. The van der Waals surface area contributed by atoms with Gasteiger partial charge >= 0.3 is 6.18 Å². The van der Waals surface area contributed by atoms with Gasteiger partial charge in [-0.2, -0.15) is 13.2 Å². The summed E-state index contributed by atoms with van der Waals surface area (Å²) >= 11 is 0. The first-order valence-electron chi connectivity index (χ1n) is 11.5. The highest BCUT2D eigenvalue weighted by molar-refractivity contribution is 7.91. The van der Waals surface area contributed by atoms with Crippen LogP contribution in [0.15, 0.2) is 36.5 Å². The van der Waals surface area contributed by atoms with Crippen molar-refractivity contribution in [3.63, 3.8) is 0 Å². The van der Waals surface area contributed by atoms with Gasteiger partial charge in [-0.1, -0.05) is 0 Å². The third-order valence-corrected chi connectivity index (χ3v) is 9.83. The van der Waals surface area contributed by atoms with Gasteiger partial charge in [0.05, 0.1) is 18.2 Å². The van der Waals surface area contributed by atoms with Crippen LogP contribution in [0, 0.1) is 17.0 Å². The molecule has 0 saturated carbocycles. The zero-order chi connectivity index (χ0) is 28.1. The lowest BCUT2D eigenvalue weighted by molar-refractivity contribution is -0.137. The van der Waals surface area contributed by atoms with Crippen molar-refractivity contribution in [3.05, 3.63) is 59.4 Å². The molecular weight excluding hydrogens is 535 g/mol. The predicted molar refractivity (Wildman–Crippen MR) is 128 cm³/mol. The van der Waals surface area contributed by atoms with E-state index in [0.29, 0.717) is 4.31 Å². The average Bonchev–Trinajstić information content (AvgIpc) is 3.29. The van der Waals surface area contributed by atoms with Crippen LogP contribution in [0.25, 0.3) is 0 Å². The molecule has 1 amide bonds. The van der Waals surface area contributed by atoms with Crippen molar-refractivity contribution < 1.29 is 35.2 Å². The third kappa shape index (κ3) is 4.68. The Kier molecular flexibility index (Phi) is 6.89. The molecule has 2 aliphatic rings. The second-order valence-corrected chi connectivity index (χ2v) is 11.7. The summed E-state index contributed by atoms with van der Waals surface area (Å²) in [4.78, 5) is 17.6. The highest BCUT2D eigenvalue weighted by atomic mass is 32.2. The molecular formula is C23H25F5N6O3S. The Morgan fingerprint density at radius 1 is 1.24 bits per heavy atom. The Labute approximate surface area is 215 Å². The van der Waals surface area contributed by atoms with E-state index in [1.807, 2.05) is 0 Å².